The van der Waals surface area contributed by atoms with Crippen LogP contribution in [-0.4, -0.2) is 23.0 Å². The first-order valence-corrected chi connectivity index (χ1v) is 9.01. The fraction of sp³-hybridized carbons (Fsp3) is 0.100. The average Bonchev–Trinajstić information content (AvgIpc) is 3.28. The lowest BCUT2D eigenvalue weighted by Gasteiger charge is -2.10. The summed E-state index contributed by atoms with van der Waals surface area (Å²) in [5.74, 6) is 0.363. The Morgan fingerprint density at radius 1 is 1.19 bits per heavy atom. The number of aromatic nitrogens is 2. The summed E-state index contributed by atoms with van der Waals surface area (Å²) in [6, 6.07) is 15.7. The van der Waals surface area contributed by atoms with Crippen LogP contribution in [0, 0.1) is 6.92 Å². The standard InChI is InChI=1S/C20H17N3O2S/c1-12-7-8-18(25-2)15(9-12)22-19(24)17-11-26-20(23-17)16-10-13-5-3-4-6-14(13)21-16/h3-11,21H,1-2H3,(H,22,24). The van der Waals surface area contributed by atoms with Crippen LogP contribution in [0.4, 0.5) is 5.69 Å². The van der Waals surface area contributed by atoms with E-state index in [4.69, 9.17) is 4.74 Å². The first-order valence-electron chi connectivity index (χ1n) is 8.13. The molecule has 2 N–H and O–H groups in total. The molecule has 2 aromatic carbocycles. The number of thiazole rings is 1. The lowest BCUT2D eigenvalue weighted by Crippen LogP contribution is -2.13. The van der Waals surface area contributed by atoms with Gasteiger partial charge in [-0.15, -0.1) is 11.3 Å². The topological polar surface area (TPSA) is 67.0 Å². The van der Waals surface area contributed by atoms with Gasteiger partial charge in [-0.25, -0.2) is 4.98 Å². The van der Waals surface area contributed by atoms with Crippen molar-refractivity contribution in [2.24, 2.45) is 0 Å². The maximum absolute atomic E-state index is 12.6. The van der Waals surface area contributed by atoms with Gasteiger partial charge in [0.15, 0.2) is 0 Å². The second-order valence-corrected chi connectivity index (χ2v) is 6.82. The number of nitrogens with zero attached hydrogens (tertiary/aromatic N) is 1. The highest BCUT2D eigenvalue weighted by atomic mass is 32.1. The van der Waals surface area contributed by atoms with Gasteiger partial charge in [-0.05, 0) is 36.8 Å². The molecule has 26 heavy (non-hydrogen) atoms. The number of aromatic amines is 1. The number of ether oxygens (including phenoxy) is 1. The van der Waals surface area contributed by atoms with Gasteiger partial charge in [0.05, 0.1) is 18.5 Å². The second kappa shape index (κ2) is 6.65. The molecule has 0 unspecified atom stereocenters. The summed E-state index contributed by atoms with van der Waals surface area (Å²) in [5.41, 5.74) is 4.01. The summed E-state index contributed by atoms with van der Waals surface area (Å²) in [5, 5.41) is 6.54. The molecule has 4 rings (SSSR count). The van der Waals surface area contributed by atoms with Crippen LogP contribution in [-0.2, 0) is 0 Å². The Morgan fingerprint density at radius 3 is 2.85 bits per heavy atom. The number of hydrogen-bond acceptors (Lipinski definition) is 4. The fourth-order valence-electron chi connectivity index (χ4n) is 2.80. The van der Waals surface area contributed by atoms with E-state index < -0.39 is 0 Å². The molecule has 1 amide bonds. The van der Waals surface area contributed by atoms with Crippen LogP contribution in [0.2, 0.25) is 0 Å². The molecule has 0 aliphatic rings. The number of rotatable bonds is 4. The summed E-state index contributed by atoms with van der Waals surface area (Å²) < 4.78 is 5.31. The van der Waals surface area contributed by atoms with Gasteiger partial charge in [0, 0.05) is 16.3 Å². The van der Waals surface area contributed by atoms with E-state index in [2.05, 4.69) is 15.3 Å². The summed E-state index contributed by atoms with van der Waals surface area (Å²) >= 11 is 1.44. The molecular weight excluding hydrogens is 346 g/mol. The van der Waals surface area contributed by atoms with Crippen LogP contribution in [0.3, 0.4) is 0 Å². The SMILES string of the molecule is COc1ccc(C)cc1NC(=O)c1csc(-c2cc3ccccc3[nH]2)n1. The third kappa shape index (κ3) is 3.07. The zero-order valence-corrected chi connectivity index (χ0v) is 15.2. The molecule has 0 saturated carbocycles. The molecule has 0 aliphatic carbocycles. The summed E-state index contributed by atoms with van der Waals surface area (Å²) in [6.45, 7) is 1.96. The van der Waals surface area contributed by atoms with Crippen molar-refractivity contribution >= 4 is 33.8 Å². The van der Waals surface area contributed by atoms with Crippen molar-refractivity contribution < 1.29 is 9.53 Å². The van der Waals surface area contributed by atoms with Gasteiger partial charge in [-0.3, -0.25) is 4.79 Å². The Hall–Kier alpha value is -3.12. The molecular formula is C20H17N3O2S. The third-order valence-electron chi connectivity index (χ3n) is 4.10. The van der Waals surface area contributed by atoms with Crippen molar-refractivity contribution in [3.05, 3.63) is 65.2 Å². The lowest BCUT2D eigenvalue weighted by molar-refractivity contribution is 0.102. The van der Waals surface area contributed by atoms with Crippen LogP contribution >= 0.6 is 11.3 Å². The fourth-order valence-corrected chi connectivity index (χ4v) is 3.57. The highest BCUT2D eigenvalue weighted by Gasteiger charge is 2.15. The maximum Gasteiger partial charge on any atom is 0.275 e. The van der Waals surface area contributed by atoms with E-state index in [0.717, 1.165) is 27.2 Å². The lowest BCUT2D eigenvalue weighted by atomic mass is 10.2. The van der Waals surface area contributed by atoms with Crippen molar-refractivity contribution in [2.45, 2.75) is 6.92 Å². The third-order valence-corrected chi connectivity index (χ3v) is 4.98. The van der Waals surface area contributed by atoms with Crippen LogP contribution in [0.15, 0.2) is 53.9 Å². The Labute approximate surface area is 154 Å². The number of para-hydroxylation sites is 1. The van der Waals surface area contributed by atoms with Crippen LogP contribution in [0.25, 0.3) is 21.6 Å². The Bertz CT molecular complexity index is 1060. The molecule has 0 spiro atoms. The van der Waals surface area contributed by atoms with E-state index in [0.29, 0.717) is 17.1 Å². The van der Waals surface area contributed by atoms with Crippen molar-refractivity contribution in [1.82, 2.24) is 9.97 Å². The van der Waals surface area contributed by atoms with E-state index in [1.54, 1.807) is 12.5 Å². The summed E-state index contributed by atoms with van der Waals surface area (Å²) in [6.07, 6.45) is 0. The van der Waals surface area contributed by atoms with Gasteiger partial charge in [0.2, 0.25) is 0 Å². The van der Waals surface area contributed by atoms with Crippen LogP contribution in [0.1, 0.15) is 16.1 Å². The van der Waals surface area contributed by atoms with Gasteiger partial charge in [-0.2, -0.15) is 0 Å². The largest absolute Gasteiger partial charge is 0.495 e. The highest BCUT2D eigenvalue weighted by molar-refractivity contribution is 7.13. The van der Waals surface area contributed by atoms with Crippen LogP contribution < -0.4 is 10.1 Å². The molecule has 0 bridgehead atoms. The highest BCUT2D eigenvalue weighted by Crippen LogP contribution is 2.29. The van der Waals surface area contributed by atoms with E-state index >= 15 is 0 Å². The van der Waals surface area contributed by atoms with E-state index in [1.165, 1.54) is 11.3 Å². The van der Waals surface area contributed by atoms with Crippen LogP contribution in [0.5, 0.6) is 5.75 Å². The zero-order valence-electron chi connectivity index (χ0n) is 14.4. The molecule has 4 aromatic rings. The normalized spacial score (nSPS) is 10.8. The number of carbonyl (C=O) groups is 1. The average molecular weight is 363 g/mol. The zero-order chi connectivity index (χ0) is 18.1. The molecule has 2 aromatic heterocycles. The number of anilines is 1. The molecule has 0 radical (unpaired) electrons. The number of H-pyrrole nitrogens is 1. The maximum atomic E-state index is 12.6. The molecule has 130 valence electrons. The number of fused-ring (bicyclic) bond motifs is 1. The number of amides is 1. The smallest absolute Gasteiger partial charge is 0.275 e. The Balaban J connectivity index is 1.59. The van der Waals surface area contributed by atoms with E-state index in [-0.39, 0.29) is 5.91 Å². The van der Waals surface area contributed by atoms with Gasteiger partial charge < -0.3 is 15.0 Å². The number of hydrogen-bond donors (Lipinski definition) is 2. The van der Waals surface area contributed by atoms with E-state index in [9.17, 15) is 4.79 Å². The summed E-state index contributed by atoms with van der Waals surface area (Å²) in [7, 11) is 1.58. The predicted molar refractivity (Wildman–Crippen MR) is 105 cm³/mol. The van der Waals surface area contributed by atoms with Gasteiger partial charge in [-0.1, -0.05) is 24.3 Å². The van der Waals surface area contributed by atoms with Crippen molar-refractivity contribution in [3.63, 3.8) is 0 Å². The molecule has 0 fully saturated rings. The molecule has 0 saturated heterocycles. The van der Waals surface area contributed by atoms with Gasteiger partial charge in [0.25, 0.3) is 5.91 Å². The van der Waals surface area contributed by atoms with Gasteiger partial charge >= 0.3 is 0 Å². The molecule has 5 nitrogen and oxygen atoms in total. The van der Waals surface area contributed by atoms with Crippen molar-refractivity contribution in [3.8, 4) is 16.5 Å². The number of carbonyl (C=O) groups excluding carboxylic acids is 1. The number of benzene rings is 2. The minimum absolute atomic E-state index is 0.257. The molecule has 0 atom stereocenters. The van der Waals surface area contributed by atoms with Crippen molar-refractivity contribution in [2.75, 3.05) is 12.4 Å². The number of methoxy groups -OCH3 is 1. The summed E-state index contributed by atoms with van der Waals surface area (Å²) in [4.78, 5) is 20.4. The molecule has 6 heteroatoms. The first-order chi connectivity index (χ1) is 12.6. The second-order valence-electron chi connectivity index (χ2n) is 5.97. The minimum atomic E-state index is -0.257. The minimum Gasteiger partial charge on any atom is -0.495 e. The molecule has 0 aliphatic heterocycles. The monoisotopic (exact) mass is 363 g/mol. The first kappa shape index (κ1) is 16.4. The Morgan fingerprint density at radius 2 is 2.04 bits per heavy atom. The molecule has 2 heterocycles. The van der Waals surface area contributed by atoms with Gasteiger partial charge in [0.1, 0.15) is 16.5 Å². The van der Waals surface area contributed by atoms with Crippen molar-refractivity contribution in [1.29, 1.82) is 0 Å². The predicted octanol–water partition coefficient (Wildman–Crippen LogP) is 4.86. The quantitative estimate of drug-likeness (QED) is 0.544. The Kier molecular flexibility index (Phi) is 4.18. The number of aryl methyl sites for hydroxylation is 1. The van der Waals surface area contributed by atoms with E-state index in [1.807, 2.05) is 55.5 Å². The number of nitrogens with one attached hydrogen (secondary N) is 2.